The maximum absolute atomic E-state index is 14.6. The highest BCUT2D eigenvalue weighted by molar-refractivity contribution is 9.10. The van der Waals surface area contributed by atoms with Crippen LogP contribution in [0.15, 0.2) is 34.9 Å². The fraction of sp³-hybridized carbons (Fsp3) is 0.500. The summed E-state index contributed by atoms with van der Waals surface area (Å²) in [6, 6.07) is 7.19. The second kappa shape index (κ2) is 10.5. The van der Waals surface area contributed by atoms with Gasteiger partial charge >= 0.3 is 0 Å². The summed E-state index contributed by atoms with van der Waals surface area (Å²) >= 11 is 3.40. The quantitative estimate of drug-likeness (QED) is 0.477. The Bertz CT molecular complexity index is 968. The molecule has 0 spiro atoms. The number of hydrogen-bond donors (Lipinski definition) is 2. The maximum Gasteiger partial charge on any atom is 0.283 e. The first-order chi connectivity index (χ1) is 15.9. The van der Waals surface area contributed by atoms with Gasteiger partial charge in [0.1, 0.15) is 12.8 Å². The minimum absolute atomic E-state index is 0.0766. The highest BCUT2D eigenvalue weighted by Crippen LogP contribution is 2.39. The van der Waals surface area contributed by atoms with Gasteiger partial charge in [0.2, 0.25) is 0 Å². The smallest absolute Gasteiger partial charge is 0.283 e. The molecule has 2 atom stereocenters. The van der Waals surface area contributed by atoms with Crippen molar-refractivity contribution in [2.24, 2.45) is 0 Å². The van der Waals surface area contributed by atoms with E-state index >= 15 is 0 Å². The van der Waals surface area contributed by atoms with Gasteiger partial charge in [0, 0.05) is 48.4 Å². The molecule has 33 heavy (non-hydrogen) atoms. The highest BCUT2D eigenvalue weighted by Gasteiger charge is 2.39. The van der Waals surface area contributed by atoms with Gasteiger partial charge < -0.3 is 20.2 Å². The molecule has 2 aliphatic rings. The SMILES string of the molecule is COCC(F)(F)CN1CCc2c(ccc(NC3CCCCO3)c2C=N)C1c1ccc(Br)cn1. The van der Waals surface area contributed by atoms with Gasteiger partial charge in [-0.1, -0.05) is 6.07 Å². The van der Waals surface area contributed by atoms with Crippen molar-refractivity contribution in [2.75, 3.05) is 38.7 Å². The van der Waals surface area contributed by atoms with Crippen LogP contribution in [-0.4, -0.2) is 61.7 Å². The largest absolute Gasteiger partial charge is 0.378 e. The molecule has 2 unspecified atom stereocenters. The highest BCUT2D eigenvalue weighted by atomic mass is 79.9. The van der Waals surface area contributed by atoms with E-state index in [1.54, 1.807) is 11.1 Å². The Hall–Kier alpha value is -1.94. The van der Waals surface area contributed by atoms with Crippen molar-refractivity contribution in [1.29, 1.82) is 5.41 Å². The number of methoxy groups -OCH3 is 1. The van der Waals surface area contributed by atoms with Crippen molar-refractivity contribution in [3.63, 3.8) is 0 Å². The topological polar surface area (TPSA) is 70.5 Å². The molecule has 1 aromatic heterocycles. The van der Waals surface area contributed by atoms with Gasteiger partial charge in [-0.25, -0.2) is 8.78 Å². The van der Waals surface area contributed by atoms with Crippen LogP contribution in [0.1, 0.15) is 47.7 Å². The molecule has 2 aromatic rings. The molecule has 9 heteroatoms. The van der Waals surface area contributed by atoms with Crippen LogP contribution in [0.5, 0.6) is 0 Å². The molecule has 0 radical (unpaired) electrons. The summed E-state index contributed by atoms with van der Waals surface area (Å²) in [6.07, 6.45) is 6.61. The van der Waals surface area contributed by atoms with Crippen LogP contribution in [0.3, 0.4) is 0 Å². The van der Waals surface area contributed by atoms with Gasteiger partial charge in [-0.15, -0.1) is 0 Å². The van der Waals surface area contributed by atoms with Crippen LogP contribution in [0.2, 0.25) is 0 Å². The number of benzene rings is 1. The Morgan fingerprint density at radius 3 is 2.85 bits per heavy atom. The summed E-state index contributed by atoms with van der Waals surface area (Å²) in [5.74, 6) is -2.98. The molecular formula is C24H29BrF2N4O2. The van der Waals surface area contributed by atoms with E-state index in [0.717, 1.165) is 52.7 Å². The van der Waals surface area contributed by atoms with Crippen LogP contribution >= 0.6 is 15.9 Å². The van der Waals surface area contributed by atoms with E-state index in [4.69, 9.17) is 14.9 Å². The second-order valence-corrected chi connectivity index (χ2v) is 9.47. The summed E-state index contributed by atoms with van der Waals surface area (Å²) in [5, 5.41) is 11.5. The minimum Gasteiger partial charge on any atom is -0.378 e. The van der Waals surface area contributed by atoms with E-state index < -0.39 is 25.1 Å². The Morgan fingerprint density at radius 2 is 2.18 bits per heavy atom. The van der Waals surface area contributed by atoms with Crippen molar-refractivity contribution < 1.29 is 18.3 Å². The van der Waals surface area contributed by atoms with E-state index in [1.165, 1.54) is 13.3 Å². The molecule has 0 amide bonds. The van der Waals surface area contributed by atoms with E-state index in [1.807, 2.05) is 24.3 Å². The zero-order chi connectivity index (χ0) is 23.4. The first-order valence-corrected chi connectivity index (χ1v) is 12.0. The first kappa shape index (κ1) is 24.2. The van der Waals surface area contributed by atoms with Crippen molar-refractivity contribution in [2.45, 2.75) is 43.9 Å². The number of pyridine rings is 1. The monoisotopic (exact) mass is 522 g/mol. The molecule has 0 saturated carbocycles. The van der Waals surface area contributed by atoms with Gasteiger partial charge in [-0.3, -0.25) is 9.88 Å². The third-order valence-electron chi connectivity index (χ3n) is 6.16. The van der Waals surface area contributed by atoms with Crippen molar-refractivity contribution in [3.8, 4) is 0 Å². The Balaban J connectivity index is 1.71. The molecule has 6 nitrogen and oxygen atoms in total. The molecule has 1 aromatic carbocycles. The molecule has 3 heterocycles. The molecule has 178 valence electrons. The lowest BCUT2D eigenvalue weighted by Crippen LogP contribution is -2.45. The molecule has 1 saturated heterocycles. The molecule has 0 aliphatic carbocycles. The van der Waals surface area contributed by atoms with Gasteiger partial charge in [-0.05, 0) is 70.9 Å². The first-order valence-electron chi connectivity index (χ1n) is 11.2. The maximum atomic E-state index is 14.6. The Morgan fingerprint density at radius 1 is 1.33 bits per heavy atom. The van der Waals surface area contributed by atoms with Crippen LogP contribution < -0.4 is 5.32 Å². The Labute approximate surface area is 201 Å². The summed E-state index contributed by atoms with van der Waals surface area (Å²) in [7, 11) is 1.29. The summed E-state index contributed by atoms with van der Waals surface area (Å²) < 4.78 is 40.5. The predicted octanol–water partition coefficient (Wildman–Crippen LogP) is 5.01. The van der Waals surface area contributed by atoms with E-state index in [-0.39, 0.29) is 6.23 Å². The minimum atomic E-state index is -2.98. The number of ether oxygens (including phenoxy) is 2. The molecule has 0 bridgehead atoms. The fourth-order valence-corrected chi connectivity index (χ4v) is 4.97. The predicted molar refractivity (Wildman–Crippen MR) is 127 cm³/mol. The third kappa shape index (κ3) is 5.59. The number of fused-ring (bicyclic) bond motifs is 1. The number of nitrogens with zero attached hydrogens (tertiary/aromatic N) is 2. The summed E-state index contributed by atoms with van der Waals surface area (Å²) in [4.78, 5) is 6.31. The van der Waals surface area contributed by atoms with E-state index in [0.29, 0.717) is 18.7 Å². The second-order valence-electron chi connectivity index (χ2n) is 8.55. The number of rotatable bonds is 8. The van der Waals surface area contributed by atoms with Crippen molar-refractivity contribution in [3.05, 3.63) is 57.3 Å². The lowest BCUT2D eigenvalue weighted by Gasteiger charge is -2.39. The Kier molecular flexibility index (Phi) is 7.73. The molecule has 2 aliphatic heterocycles. The van der Waals surface area contributed by atoms with Gasteiger partial charge in [0.15, 0.2) is 0 Å². The van der Waals surface area contributed by atoms with Crippen molar-refractivity contribution in [1.82, 2.24) is 9.88 Å². The molecule has 1 fully saturated rings. The molecule has 4 rings (SSSR count). The number of nitrogens with one attached hydrogen (secondary N) is 2. The van der Waals surface area contributed by atoms with Gasteiger partial charge in [0.05, 0.1) is 18.3 Å². The summed E-state index contributed by atoms with van der Waals surface area (Å²) in [6.45, 7) is 0.0921. The zero-order valence-electron chi connectivity index (χ0n) is 18.6. The van der Waals surface area contributed by atoms with E-state index in [2.05, 4.69) is 26.2 Å². The van der Waals surface area contributed by atoms with Crippen LogP contribution in [-0.2, 0) is 15.9 Å². The summed E-state index contributed by atoms with van der Waals surface area (Å²) in [5.41, 5.74) is 4.22. The number of hydrogen-bond acceptors (Lipinski definition) is 6. The van der Waals surface area contributed by atoms with Crippen LogP contribution in [0.25, 0.3) is 0 Å². The lowest BCUT2D eigenvalue weighted by molar-refractivity contribution is -0.0895. The number of alkyl halides is 2. The fourth-order valence-electron chi connectivity index (χ4n) is 4.74. The van der Waals surface area contributed by atoms with Crippen LogP contribution in [0.4, 0.5) is 14.5 Å². The van der Waals surface area contributed by atoms with E-state index in [9.17, 15) is 8.78 Å². The van der Waals surface area contributed by atoms with Gasteiger partial charge in [-0.2, -0.15) is 0 Å². The average Bonchev–Trinajstić information content (AvgIpc) is 2.80. The van der Waals surface area contributed by atoms with Gasteiger partial charge in [0.25, 0.3) is 5.92 Å². The third-order valence-corrected chi connectivity index (χ3v) is 6.63. The number of aromatic nitrogens is 1. The zero-order valence-corrected chi connectivity index (χ0v) is 20.2. The number of halogens is 3. The normalized spacial score (nSPS) is 21.5. The lowest BCUT2D eigenvalue weighted by atomic mass is 9.86. The standard InChI is InChI=1S/C24H29BrF2N4O2/c1-32-15-24(26,27)14-31-10-9-17-18(23(31)21-7-5-16(25)13-29-21)6-8-20(19(17)12-28)30-22-4-2-3-11-33-22/h5-8,12-13,22-23,28,30H,2-4,9-11,14-15H2,1H3. The number of anilines is 1. The van der Waals surface area contributed by atoms with Crippen LogP contribution in [0, 0.1) is 5.41 Å². The molecule has 2 N–H and O–H groups in total. The average molecular weight is 523 g/mol. The molecular weight excluding hydrogens is 494 g/mol. The van der Waals surface area contributed by atoms with Crippen molar-refractivity contribution >= 4 is 27.8 Å².